The van der Waals surface area contributed by atoms with Crippen molar-refractivity contribution in [2.24, 2.45) is 5.92 Å². The van der Waals surface area contributed by atoms with Gasteiger partial charge in [0.05, 0.1) is 17.7 Å². The zero-order valence-electron chi connectivity index (χ0n) is 19.0. The first-order valence-electron chi connectivity index (χ1n) is 11.0. The molecule has 0 radical (unpaired) electrons. The summed E-state index contributed by atoms with van der Waals surface area (Å²) < 4.78 is 20.9. The van der Waals surface area contributed by atoms with Crippen molar-refractivity contribution in [3.63, 3.8) is 0 Å². The zero-order chi connectivity index (χ0) is 24.7. The van der Waals surface area contributed by atoms with Gasteiger partial charge in [0, 0.05) is 37.9 Å². The van der Waals surface area contributed by atoms with Crippen LogP contribution in [-0.4, -0.2) is 59.0 Å². The van der Waals surface area contributed by atoms with Gasteiger partial charge in [-0.25, -0.2) is 4.39 Å². The molecule has 182 valence electrons. The number of rotatable bonds is 6. The van der Waals surface area contributed by atoms with E-state index in [1.165, 1.54) is 23.0 Å². The lowest BCUT2D eigenvalue weighted by Crippen LogP contribution is -2.60. The van der Waals surface area contributed by atoms with Crippen molar-refractivity contribution in [2.45, 2.75) is 39.0 Å². The number of aromatic hydroxyl groups is 1. The summed E-state index contributed by atoms with van der Waals surface area (Å²) in [6.45, 7) is 4.43. The van der Waals surface area contributed by atoms with Crippen molar-refractivity contribution in [3.8, 4) is 5.75 Å². The molecule has 2 aromatic rings. The van der Waals surface area contributed by atoms with E-state index < -0.39 is 28.8 Å². The number of aromatic nitrogens is 1. The molecule has 4 rings (SSSR count). The Morgan fingerprint density at radius 2 is 2.09 bits per heavy atom. The SMILES string of the molecule is CCN1C(=O)c2c(O)c(=O)c(C(=O)NCc3cccc(Cl)c3F)cn2N2[C@@H](C)[C@@H](COC)C[C@@H]12. The van der Waals surface area contributed by atoms with Crippen LogP contribution in [0.2, 0.25) is 5.02 Å². The van der Waals surface area contributed by atoms with Crippen LogP contribution >= 0.6 is 11.6 Å². The lowest BCUT2D eigenvalue weighted by Gasteiger charge is -2.44. The summed E-state index contributed by atoms with van der Waals surface area (Å²) in [5.41, 5.74) is -1.38. The summed E-state index contributed by atoms with van der Waals surface area (Å²) in [4.78, 5) is 40.5. The Kier molecular flexibility index (Phi) is 6.55. The maximum Gasteiger partial charge on any atom is 0.278 e. The number of benzene rings is 1. The van der Waals surface area contributed by atoms with Gasteiger partial charge in [0.15, 0.2) is 11.4 Å². The molecule has 0 bridgehead atoms. The maximum atomic E-state index is 14.2. The van der Waals surface area contributed by atoms with Gasteiger partial charge in [0.25, 0.3) is 11.8 Å². The quantitative estimate of drug-likeness (QED) is 0.640. The number of hydrogen-bond donors (Lipinski definition) is 2. The topological polar surface area (TPSA) is 104 Å². The van der Waals surface area contributed by atoms with Crippen molar-refractivity contribution >= 4 is 23.4 Å². The number of nitrogens with one attached hydrogen (secondary N) is 1. The first kappa shape index (κ1) is 24.0. The first-order valence-corrected chi connectivity index (χ1v) is 11.4. The van der Waals surface area contributed by atoms with Crippen LogP contribution in [0.25, 0.3) is 0 Å². The second kappa shape index (κ2) is 9.27. The molecule has 3 atom stereocenters. The minimum atomic E-state index is -0.974. The lowest BCUT2D eigenvalue weighted by atomic mass is 10.0. The maximum absolute atomic E-state index is 14.2. The molecule has 2 N–H and O–H groups in total. The molecular weight excluding hydrogens is 467 g/mol. The van der Waals surface area contributed by atoms with Gasteiger partial charge in [-0.05, 0) is 26.3 Å². The highest BCUT2D eigenvalue weighted by molar-refractivity contribution is 6.30. The number of carbonyl (C=O) groups excluding carboxylic acids is 2. The molecule has 34 heavy (non-hydrogen) atoms. The Bertz CT molecular complexity index is 1200. The number of pyridine rings is 1. The molecule has 1 fully saturated rings. The largest absolute Gasteiger partial charge is 0.502 e. The fourth-order valence-electron chi connectivity index (χ4n) is 4.81. The average Bonchev–Trinajstić information content (AvgIpc) is 3.13. The van der Waals surface area contributed by atoms with Crippen LogP contribution in [-0.2, 0) is 11.3 Å². The number of fused-ring (bicyclic) bond motifs is 3. The van der Waals surface area contributed by atoms with Gasteiger partial charge in [-0.1, -0.05) is 23.7 Å². The van der Waals surface area contributed by atoms with E-state index >= 15 is 0 Å². The van der Waals surface area contributed by atoms with Gasteiger partial charge in [-0.3, -0.25) is 24.1 Å². The van der Waals surface area contributed by atoms with Crippen LogP contribution in [0.3, 0.4) is 0 Å². The zero-order valence-corrected chi connectivity index (χ0v) is 19.8. The Labute approximate surface area is 200 Å². The highest BCUT2D eigenvalue weighted by atomic mass is 35.5. The minimum absolute atomic E-state index is 0.0862. The Morgan fingerprint density at radius 1 is 1.35 bits per heavy atom. The van der Waals surface area contributed by atoms with Gasteiger partial charge >= 0.3 is 0 Å². The number of ether oxygens (including phenoxy) is 1. The molecule has 2 aliphatic rings. The third-order valence-corrected chi connectivity index (χ3v) is 6.88. The summed E-state index contributed by atoms with van der Waals surface area (Å²) in [6, 6.07) is 4.28. The van der Waals surface area contributed by atoms with Crippen LogP contribution in [0.4, 0.5) is 4.39 Å². The van der Waals surface area contributed by atoms with E-state index in [9.17, 15) is 23.9 Å². The van der Waals surface area contributed by atoms with E-state index in [1.54, 1.807) is 18.1 Å². The standard InChI is InChI=1S/C23H26ClFN4O5/c1-4-27-17-8-14(11-34-3)12(2)29(17)28-10-15(20(30)21(31)19(28)23(27)33)22(32)26-9-13-6-5-7-16(24)18(13)25/h5-7,10,12,14,17,31H,4,8-9,11H2,1-3H3,(H,26,32)/t12-,14+,17-/m0/s1. The third kappa shape index (κ3) is 3.80. The molecule has 2 aliphatic heterocycles. The van der Waals surface area contributed by atoms with E-state index in [0.29, 0.717) is 19.6 Å². The van der Waals surface area contributed by atoms with E-state index in [4.69, 9.17) is 16.3 Å². The van der Waals surface area contributed by atoms with Crippen molar-refractivity contribution < 1.29 is 23.8 Å². The molecule has 0 saturated carbocycles. The minimum Gasteiger partial charge on any atom is -0.502 e. The fourth-order valence-corrected chi connectivity index (χ4v) is 5.00. The van der Waals surface area contributed by atoms with Crippen molar-refractivity contribution in [1.82, 2.24) is 14.9 Å². The second-order valence-corrected chi connectivity index (χ2v) is 8.86. The molecule has 11 heteroatoms. The smallest absolute Gasteiger partial charge is 0.278 e. The average molecular weight is 493 g/mol. The summed E-state index contributed by atoms with van der Waals surface area (Å²) in [7, 11) is 1.61. The summed E-state index contributed by atoms with van der Waals surface area (Å²) in [5, 5.41) is 15.0. The van der Waals surface area contributed by atoms with Crippen LogP contribution in [0.5, 0.6) is 5.75 Å². The van der Waals surface area contributed by atoms with Gasteiger partial charge < -0.3 is 20.1 Å². The van der Waals surface area contributed by atoms with Crippen LogP contribution < -0.4 is 15.8 Å². The van der Waals surface area contributed by atoms with Crippen molar-refractivity contribution in [1.29, 1.82) is 0 Å². The molecule has 1 aromatic heterocycles. The molecular formula is C23H26ClFN4O5. The third-order valence-electron chi connectivity index (χ3n) is 6.59. The monoisotopic (exact) mass is 492 g/mol. The number of methoxy groups -OCH3 is 1. The predicted molar refractivity (Wildman–Crippen MR) is 123 cm³/mol. The number of halogens is 2. The van der Waals surface area contributed by atoms with E-state index in [2.05, 4.69) is 5.32 Å². The van der Waals surface area contributed by atoms with Gasteiger partial charge in [-0.2, -0.15) is 0 Å². The lowest BCUT2D eigenvalue weighted by molar-refractivity contribution is 0.0595. The molecule has 0 aliphatic carbocycles. The fraction of sp³-hybridized carbons (Fsp3) is 0.435. The number of carbonyl (C=O) groups is 2. The number of nitrogens with zero attached hydrogens (tertiary/aromatic N) is 3. The van der Waals surface area contributed by atoms with E-state index in [0.717, 1.165) is 0 Å². The van der Waals surface area contributed by atoms with Crippen molar-refractivity contribution in [3.05, 3.63) is 62.3 Å². The summed E-state index contributed by atoms with van der Waals surface area (Å²) in [6.07, 6.45) is 1.58. The number of amides is 2. The van der Waals surface area contributed by atoms with E-state index in [-0.39, 0.29) is 46.5 Å². The Balaban J connectivity index is 1.73. The van der Waals surface area contributed by atoms with Gasteiger partial charge in [0.1, 0.15) is 17.5 Å². The Morgan fingerprint density at radius 3 is 2.76 bits per heavy atom. The molecule has 1 saturated heterocycles. The second-order valence-electron chi connectivity index (χ2n) is 8.45. The van der Waals surface area contributed by atoms with Crippen LogP contribution in [0.15, 0.2) is 29.2 Å². The van der Waals surface area contributed by atoms with Gasteiger partial charge in [-0.15, -0.1) is 0 Å². The highest BCUT2D eigenvalue weighted by Gasteiger charge is 2.48. The van der Waals surface area contributed by atoms with E-state index in [1.807, 2.05) is 18.9 Å². The Hall–Kier alpha value is -3.11. The van der Waals surface area contributed by atoms with Crippen molar-refractivity contribution in [2.75, 3.05) is 25.3 Å². The summed E-state index contributed by atoms with van der Waals surface area (Å²) >= 11 is 5.78. The highest BCUT2D eigenvalue weighted by Crippen LogP contribution is 2.36. The molecule has 0 unspecified atom stereocenters. The summed E-state index contributed by atoms with van der Waals surface area (Å²) in [5.74, 6) is -2.68. The number of hydrogen-bond acceptors (Lipinski definition) is 6. The molecule has 0 spiro atoms. The predicted octanol–water partition coefficient (Wildman–Crippen LogP) is 2.07. The van der Waals surface area contributed by atoms with Crippen LogP contribution in [0, 0.1) is 11.7 Å². The first-order chi connectivity index (χ1) is 16.2. The van der Waals surface area contributed by atoms with Gasteiger partial charge in [0.2, 0.25) is 5.43 Å². The van der Waals surface area contributed by atoms with Crippen LogP contribution in [0.1, 0.15) is 46.7 Å². The normalized spacial score (nSPS) is 21.4. The molecule has 2 amide bonds. The molecule has 9 nitrogen and oxygen atoms in total. The molecule has 1 aromatic carbocycles. The molecule has 3 heterocycles.